The summed E-state index contributed by atoms with van der Waals surface area (Å²) >= 11 is 13.4. The molecule has 3 aromatic rings. The SMILES string of the molecule is CC(C)(NSc1ccc(-c2ccc(NC(=O)c3ccc(Cl)c(Cl)c3)cc2)cc1)/C(N)=C/N. The van der Waals surface area contributed by atoms with Crippen LogP contribution in [0.25, 0.3) is 11.1 Å². The molecule has 0 aliphatic rings. The zero-order valence-electron chi connectivity index (χ0n) is 17.7. The number of carbonyl (C=O) groups excluding carboxylic acids is 1. The zero-order chi connectivity index (χ0) is 23.3. The molecule has 166 valence electrons. The summed E-state index contributed by atoms with van der Waals surface area (Å²) < 4.78 is 3.32. The van der Waals surface area contributed by atoms with Crippen molar-refractivity contribution in [1.29, 1.82) is 0 Å². The molecule has 0 atom stereocenters. The number of carbonyl (C=O) groups is 1. The largest absolute Gasteiger partial charge is 0.403 e. The van der Waals surface area contributed by atoms with Crippen LogP contribution in [0.15, 0.2) is 83.5 Å². The molecule has 0 radical (unpaired) electrons. The number of nitrogens with two attached hydrogens (primary N) is 2. The van der Waals surface area contributed by atoms with E-state index in [1.807, 2.05) is 62.4 Å². The molecule has 0 heterocycles. The van der Waals surface area contributed by atoms with Crippen LogP contribution in [0.3, 0.4) is 0 Å². The van der Waals surface area contributed by atoms with Crippen molar-refractivity contribution in [3.63, 3.8) is 0 Å². The zero-order valence-corrected chi connectivity index (χ0v) is 20.0. The first kappa shape index (κ1) is 24.0. The molecule has 0 bridgehead atoms. The molecule has 0 fully saturated rings. The second-order valence-electron chi connectivity index (χ2n) is 7.64. The molecule has 32 heavy (non-hydrogen) atoms. The minimum Gasteiger partial charge on any atom is -0.403 e. The third-order valence-electron chi connectivity index (χ3n) is 4.84. The van der Waals surface area contributed by atoms with E-state index in [0.29, 0.717) is 27.0 Å². The molecule has 5 nitrogen and oxygen atoms in total. The van der Waals surface area contributed by atoms with Gasteiger partial charge in [0.2, 0.25) is 0 Å². The summed E-state index contributed by atoms with van der Waals surface area (Å²) in [5.41, 5.74) is 14.8. The Labute approximate surface area is 202 Å². The lowest BCUT2D eigenvalue weighted by Gasteiger charge is -2.25. The summed E-state index contributed by atoms with van der Waals surface area (Å²) in [4.78, 5) is 13.5. The quantitative estimate of drug-likeness (QED) is 0.305. The Morgan fingerprint density at radius 1 is 0.938 bits per heavy atom. The molecule has 6 N–H and O–H groups in total. The number of hydrogen-bond donors (Lipinski definition) is 4. The molecule has 3 rings (SSSR count). The maximum atomic E-state index is 12.4. The number of amides is 1. The predicted octanol–water partition coefficient (Wildman–Crippen LogP) is 6.05. The summed E-state index contributed by atoms with van der Waals surface area (Å²) in [6.45, 7) is 3.93. The predicted molar refractivity (Wildman–Crippen MR) is 136 cm³/mol. The van der Waals surface area contributed by atoms with Crippen LogP contribution in [0.4, 0.5) is 5.69 Å². The van der Waals surface area contributed by atoms with Gasteiger partial charge in [-0.1, -0.05) is 47.5 Å². The number of nitrogens with one attached hydrogen (secondary N) is 2. The smallest absolute Gasteiger partial charge is 0.255 e. The monoisotopic (exact) mass is 486 g/mol. The van der Waals surface area contributed by atoms with E-state index in [2.05, 4.69) is 10.0 Å². The van der Waals surface area contributed by atoms with Crippen LogP contribution in [0, 0.1) is 0 Å². The van der Waals surface area contributed by atoms with Gasteiger partial charge in [-0.25, -0.2) is 4.72 Å². The Hall–Kier alpha value is -2.64. The second-order valence-corrected chi connectivity index (χ2v) is 9.33. The van der Waals surface area contributed by atoms with Crippen LogP contribution in [0.1, 0.15) is 24.2 Å². The van der Waals surface area contributed by atoms with Gasteiger partial charge in [0.05, 0.1) is 15.6 Å². The molecule has 0 aliphatic heterocycles. The van der Waals surface area contributed by atoms with Gasteiger partial charge in [0.1, 0.15) is 0 Å². The van der Waals surface area contributed by atoms with Gasteiger partial charge in [-0.15, -0.1) is 0 Å². The first-order valence-corrected chi connectivity index (χ1v) is 11.4. The summed E-state index contributed by atoms with van der Waals surface area (Å²) in [5, 5.41) is 3.61. The highest BCUT2D eigenvalue weighted by Crippen LogP contribution is 2.27. The van der Waals surface area contributed by atoms with E-state index < -0.39 is 5.54 Å². The molecular weight excluding hydrogens is 463 g/mol. The Bertz CT molecular complexity index is 1130. The van der Waals surface area contributed by atoms with Crippen LogP contribution >= 0.6 is 35.1 Å². The lowest BCUT2D eigenvalue weighted by atomic mass is 10.0. The van der Waals surface area contributed by atoms with Gasteiger partial charge >= 0.3 is 0 Å². The number of halogens is 2. The van der Waals surface area contributed by atoms with Crippen molar-refractivity contribution in [2.75, 3.05) is 5.32 Å². The van der Waals surface area contributed by atoms with E-state index >= 15 is 0 Å². The normalized spacial score (nSPS) is 11.9. The van der Waals surface area contributed by atoms with Gasteiger partial charge in [0.25, 0.3) is 5.91 Å². The summed E-state index contributed by atoms with van der Waals surface area (Å²) in [6, 6.07) is 20.6. The Balaban J connectivity index is 1.63. The summed E-state index contributed by atoms with van der Waals surface area (Å²) in [5.74, 6) is -0.252. The van der Waals surface area contributed by atoms with Crippen molar-refractivity contribution in [3.8, 4) is 11.1 Å². The van der Waals surface area contributed by atoms with Gasteiger partial charge in [-0.05, 0) is 79.4 Å². The first-order chi connectivity index (χ1) is 15.2. The van der Waals surface area contributed by atoms with Gasteiger partial charge in [0, 0.05) is 28.0 Å². The topological polar surface area (TPSA) is 93.2 Å². The molecule has 8 heteroatoms. The Kier molecular flexibility index (Phi) is 7.74. The lowest BCUT2D eigenvalue weighted by molar-refractivity contribution is 0.102. The number of hydrogen-bond acceptors (Lipinski definition) is 5. The molecule has 0 aromatic heterocycles. The van der Waals surface area contributed by atoms with Gasteiger partial charge in [0.15, 0.2) is 0 Å². The third-order valence-corrected chi connectivity index (χ3v) is 6.70. The van der Waals surface area contributed by atoms with E-state index in [-0.39, 0.29) is 5.91 Å². The molecule has 0 saturated carbocycles. The summed E-state index contributed by atoms with van der Waals surface area (Å²) in [6.07, 6.45) is 1.41. The fourth-order valence-electron chi connectivity index (χ4n) is 2.76. The van der Waals surface area contributed by atoms with Crippen molar-refractivity contribution < 1.29 is 4.79 Å². The average molecular weight is 487 g/mol. The molecule has 1 amide bonds. The maximum absolute atomic E-state index is 12.4. The van der Waals surface area contributed by atoms with Crippen molar-refractivity contribution in [3.05, 3.63) is 94.2 Å². The van der Waals surface area contributed by atoms with Crippen molar-refractivity contribution in [1.82, 2.24) is 4.72 Å². The highest BCUT2D eigenvalue weighted by molar-refractivity contribution is 7.97. The van der Waals surface area contributed by atoms with E-state index in [1.165, 1.54) is 18.1 Å². The lowest BCUT2D eigenvalue weighted by Crippen LogP contribution is -2.40. The average Bonchev–Trinajstić information content (AvgIpc) is 2.79. The van der Waals surface area contributed by atoms with Crippen LogP contribution < -0.4 is 21.5 Å². The van der Waals surface area contributed by atoms with Gasteiger partial charge in [-0.2, -0.15) is 0 Å². The first-order valence-electron chi connectivity index (χ1n) is 9.78. The van der Waals surface area contributed by atoms with E-state index in [0.717, 1.165) is 16.0 Å². The molecule has 0 aliphatic carbocycles. The van der Waals surface area contributed by atoms with Crippen molar-refractivity contribution in [2.24, 2.45) is 11.5 Å². The minimum absolute atomic E-state index is 0.252. The second kappa shape index (κ2) is 10.3. The fraction of sp³-hybridized carbons (Fsp3) is 0.125. The number of rotatable bonds is 7. The molecule has 0 saturated heterocycles. The molecule has 0 spiro atoms. The molecular formula is C24H24Cl2N4OS. The number of anilines is 1. The Morgan fingerprint density at radius 2 is 1.53 bits per heavy atom. The highest BCUT2D eigenvalue weighted by Gasteiger charge is 2.20. The standard InChI is InChI=1S/C24H24Cl2N4OS/c1-24(2,22(28)14-27)30-32-19-10-5-16(6-11-19)15-3-8-18(9-4-15)29-23(31)17-7-12-20(25)21(26)13-17/h3-14,30H,27-28H2,1-2H3,(H,29,31)/b22-14-. The van der Waals surface area contributed by atoms with E-state index in [9.17, 15) is 4.79 Å². The third kappa shape index (κ3) is 5.99. The number of benzene rings is 3. The van der Waals surface area contributed by atoms with E-state index in [4.69, 9.17) is 34.7 Å². The molecule has 0 unspecified atom stereocenters. The van der Waals surface area contributed by atoms with Crippen molar-refractivity contribution in [2.45, 2.75) is 24.3 Å². The van der Waals surface area contributed by atoms with Crippen LogP contribution in [0.5, 0.6) is 0 Å². The van der Waals surface area contributed by atoms with Gasteiger partial charge in [-0.3, -0.25) is 4.79 Å². The van der Waals surface area contributed by atoms with E-state index in [1.54, 1.807) is 18.2 Å². The van der Waals surface area contributed by atoms with Crippen LogP contribution in [0.2, 0.25) is 10.0 Å². The van der Waals surface area contributed by atoms with Crippen LogP contribution in [-0.2, 0) is 0 Å². The molecule has 3 aromatic carbocycles. The van der Waals surface area contributed by atoms with Crippen LogP contribution in [-0.4, -0.2) is 11.4 Å². The minimum atomic E-state index is -0.421. The van der Waals surface area contributed by atoms with Crippen molar-refractivity contribution >= 4 is 46.7 Å². The fourth-order valence-corrected chi connectivity index (χ4v) is 3.82. The highest BCUT2D eigenvalue weighted by atomic mass is 35.5. The maximum Gasteiger partial charge on any atom is 0.255 e. The van der Waals surface area contributed by atoms with Gasteiger partial charge < -0.3 is 16.8 Å². The Morgan fingerprint density at radius 3 is 2.09 bits per heavy atom. The summed E-state index contributed by atoms with van der Waals surface area (Å²) in [7, 11) is 0.